The van der Waals surface area contributed by atoms with Crippen LogP contribution in [0.3, 0.4) is 0 Å². The van der Waals surface area contributed by atoms with Crippen molar-refractivity contribution in [3.05, 3.63) is 0 Å². The number of nitrogens with two attached hydrogens (primary N) is 1. The highest BCUT2D eigenvalue weighted by atomic mass is 16.7. The van der Waals surface area contributed by atoms with Gasteiger partial charge in [0, 0.05) is 27.3 Å². The van der Waals surface area contributed by atoms with Crippen LogP contribution >= 0.6 is 0 Å². The molecule has 0 amide bonds. The summed E-state index contributed by atoms with van der Waals surface area (Å²) in [6.45, 7) is 4.95. The van der Waals surface area contributed by atoms with Crippen molar-refractivity contribution in [3.63, 3.8) is 0 Å². The molecule has 6 heteroatoms. The molecule has 0 aromatic heterocycles. The van der Waals surface area contributed by atoms with Crippen LogP contribution in [0.1, 0.15) is 27.2 Å². The molecule has 3 N–H and O–H groups in total. The normalized spacial score (nSPS) is 10.9. The Kier molecular flexibility index (Phi) is 5.88. The first kappa shape index (κ1) is 13.9. The van der Waals surface area contributed by atoms with Crippen LogP contribution in [-0.2, 0) is 19.1 Å². The quantitative estimate of drug-likeness (QED) is 0.362. The lowest BCUT2D eigenvalue weighted by atomic mass is 10.4. The Labute approximate surface area is 89.1 Å². The van der Waals surface area contributed by atoms with Gasteiger partial charge < -0.3 is 15.2 Å². The first-order valence-electron chi connectivity index (χ1n) is 4.74. The molecular formula is C9H18N2O4. The maximum Gasteiger partial charge on any atom is 0.315 e. The standard InChI is InChI=1S/C9H18N2O4/c1-7(12)14-9(3,15-8(2)13)11-6-4-5-10/h11H,4-6,10H2,1-3H3. The van der Waals surface area contributed by atoms with Gasteiger partial charge in [-0.2, -0.15) is 0 Å². The number of nitrogens with one attached hydrogen (secondary N) is 1. The number of esters is 2. The molecule has 0 heterocycles. The molecule has 0 radical (unpaired) electrons. The summed E-state index contributed by atoms with van der Waals surface area (Å²) in [5.74, 6) is -2.47. The van der Waals surface area contributed by atoms with Crippen molar-refractivity contribution in [1.29, 1.82) is 0 Å². The van der Waals surface area contributed by atoms with Gasteiger partial charge in [0.1, 0.15) is 0 Å². The lowest BCUT2D eigenvalue weighted by molar-refractivity contribution is -0.230. The minimum Gasteiger partial charge on any atom is -0.409 e. The van der Waals surface area contributed by atoms with Crippen molar-refractivity contribution in [1.82, 2.24) is 5.32 Å². The number of rotatable bonds is 6. The van der Waals surface area contributed by atoms with E-state index in [1.54, 1.807) is 0 Å². The molecule has 0 atom stereocenters. The average molecular weight is 218 g/mol. The van der Waals surface area contributed by atoms with Crippen LogP contribution in [0.15, 0.2) is 0 Å². The minimum absolute atomic E-state index is 0.494. The minimum atomic E-state index is -1.41. The van der Waals surface area contributed by atoms with Crippen molar-refractivity contribution in [3.8, 4) is 0 Å². The monoisotopic (exact) mass is 218 g/mol. The molecule has 0 aliphatic heterocycles. The number of carbonyl (C=O) groups is 2. The Morgan fingerprint density at radius 2 is 1.73 bits per heavy atom. The van der Waals surface area contributed by atoms with Gasteiger partial charge in [0.05, 0.1) is 0 Å². The van der Waals surface area contributed by atoms with E-state index in [4.69, 9.17) is 15.2 Å². The maximum absolute atomic E-state index is 10.8. The van der Waals surface area contributed by atoms with Gasteiger partial charge in [0.15, 0.2) is 0 Å². The van der Waals surface area contributed by atoms with Crippen LogP contribution in [-0.4, -0.2) is 30.9 Å². The van der Waals surface area contributed by atoms with Crippen LogP contribution in [0.2, 0.25) is 0 Å². The fourth-order valence-corrected chi connectivity index (χ4v) is 1.06. The molecule has 0 aliphatic carbocycles. The van der Waals surface area contributed by atoms with E-state index >= 15 is 0 Å². The summed E-state index contributed by atoms with van der Waals surface area (Å²) in [6.07, 6.45) is 0.693. The SMILES string of the molecule is CC(=O)OC(C)(NCCCN)OC(C)=O. The summed E-state index contributed by atoms with van der Waals surface area (Å²) >= 11 is 0. The third kappa shape index (κ3) is 6.87. The lowest BCUT2D eigenvalue weighted by Gasteiger charge is -2.28. The van der Waals surface area contributed by atoms with E-state index in [0.29, 0.717) is 19.5 Å². The van der Waals surface area contributed by atoms with E-state index < -0.39 is 17.8 Å². The topological polar surface area (TPSA) is 90.7 Å². The number of hydrogen-bond acceptors (Lipinski definition) is 6. The number of carbonyl (C=O) groups excluding carboxylic acids is 2. The Hall–Kier alpha value is -1.14. The molecule has 0 aromatic carbocycles. The van der Waals surface area contributed by atoms with Gasteiger partial charge in [-0.25, -0.2) is 5.32 Å². The molecule has 88 valence electrons. The zero-order valence-electron chi connectivity index (χ0n) is 9.33. The summed E-state index contributed by atoms with van der Waals surface area (Å²) in [5.41, 5.74) is 5.30. The van der Waals surface area contributed by atoms with Crippen molar-refractivity contribution in [2.75, 3.05) is 13.1 Å². The van der Waals surface area contributed by atoms with Crippen molar-refractivity contribution in [2.45, 2.75) is 33.1 Å². The largest absolute Gasteiger partial charge is 0.409 e. The van der Waals surface area contributed by atoms with Crippen molar-refractivity contribution >= 4 is 11.9 Å². The van der Waals surface area contributed by atoms with E-state index in [0.717, 1.165) is 0 Å². The second-order valence-electron chi connectivity index (χ2n) is 3.20. The molecule has 0 spiro atoms. The van der Waals surface area contributed by atoms with Crippen LogP contribution < -0.4 is 11.1 Å². The Morgan fingerprint density at radius 3 is 2.07 bits per heavy atom. The average Bonchev–Trinajstić information content (AvgIpc) is 2.00. The Balaban J connectivity index is 4.26. The molecule has 15 heavy (non-hydrogen) atoms. The van der Waals surface area contributed by atoms with Crippen molar-refractivity contribution in [2.24, 2.45) is 5.73 Å². The van der Waals surface area contributed by atoms with Gasteiger partial charge in [-0.15, -0.1) is 0 Å². The van der Waals surface area contributed by atoms with Gasteiger partial charge in [0.25, 0.3) is 0 Å². The number of ether oxygens (including phenoxy) is 2. The number of hydrogen-bond donors (Lipinski definition) is 2. The summed E-state index contributed by atoms with van der Waals surface area (Å²) in [6, 6.07) is 0. The molecule has 0 aromatic rings. The fourth-order valence-electron chi connectivity index (χ4n) is 1.06. The van der Waals surface area contributed by atoms with Crippen molar-refractivity contribution < 1.29 is 19.1 Å². The predicted octanol–water partition coefficient (Wildman–Crippen LogP) is -0.275. The second-order valence-corrected chi connectivity index (χ2v) is 3.20. The molecule has 0 rings (SSSR count). The molecule has 0 fully saturated rings. The van der Waals surface area contributed by atoms with E-state index in [9.17, 15) is 9.59 Å². The van der Waals surface area contributed by atoms with Gasteiger partial charge in [-0.3, -0.25) is 9.59 Å². The maximum atomic E-state index is 10.8. The molecule has 0 saturated carbocycles. The fraction of sp³-hybridized carbons (Fsp3) is 0.778. The zero-order chi connectivity index (χ0) is 11.9. The van der Waals surface area contributed by atoms with E-state index in [2.05, 4.69) is 5.32 Å². The highest BCUT2D eigenvalue weighted by Gasteiger charge is 2.30. The summed E-state index contributed by atoms with van der Waals surface area (Å²) in [4.78, 5) is 21.6. The molecule has 6 nitrogen and oxygen atoms in total. The molecular weight excluding hydrogens is 200 g/mol. The Morgan fingerprint density at radius 1 is 1.27 bits per heavy atom. The van der Waals surface area contributed by atoms with Crippen LogP contribution in [0.4, 0.5) is 0 Å². The second kappa shape index (κ2) is 6.36. The van der Waals surface area contributed by atoms with E-state index in [-0.39, 0.29) is 0 Å². The third-order valence-corrected chi connectivity index (χ3v) is 1.50. The third-order valence-electron chi connectivity index (χ3n) is 1.50. The molecule has 0 aliphatic rings. The predicted molar refractivity (Wildman–Crippen MR) is 53.6 cm³/mol. The smallest absolute Gasteiger partial charge is 0.315 e. The summed E-state index contributed by atoms with van der Waals surface area (Å²) in [5, 5.41) is 2.79. The van der Waals surface area contributed by atoms with Gasteiger partial charge in [-0.05, 0) is 13.0 Å². The highest BCUT2D eigenvalue weighted by molar-refractivity contribution is 5.68. The van der Waals surface area contributed by atoms with Crippen LogP contribution in [0.5, 0.6) is 0 Å². The Bertz CT molecular complexity index is 214. The molecule has 0 bridgehead atoms. The molecule has 0 unspecified atom stereocenters. The van der Waals surface area contributed by atoms with E-state index in [1.165, 1.54) is 20.8 Å². The summed E-state index contributed by atoms with van der Waals surface area (Å²) < 4.78 is 9.72. The lowest BCUT2D eigenvalue weighted by Crippen LogP contribution is -2.50. The van der Waals surface area contributed by atoms with Crippen LogP contribution in [0.25, 0.3) is 0 Å². The van der Waals surface area contributed by atoms with E-state index in [1.807, 2.05) is 0 Å². The van der Waals surface area contributed by atoms with Gasteiger partial charge >= 0.3 is 17.8 Å². The highest BCUT2D eigenvalue weighted by Crippen LogP contribution is 2.09. The zero-order valence-corrected chi connectivity index (χ0v) is 9.33. The first-order valence-corrected chi connectivity index (χ1v) is 4.74. The van der Waals surface area contributed by atoms with Gasteiger partial charge in [0.2, 0.25) is 0 Å². The summed E-state index contributed by atoms with van der Waals surface area (Å²) in [7, 11) is 0. The molecule has 0 saturated heterocycles. The van der Waals surface area contributed by atoms with Gasteiger partial charge in [-0.1, -0.05) is 0 Å². The van der Waals surface area contributed by atoms with Crippen LogP contribution in [0, 0.1) is 0 Å². The first-order chi connectivity index (χ1) is 6.89.